The number of aromatic nitrogens is 2. The van der Waals surface area contributed by atoms with Gasteiger partial charge in [0, 0.05) is 26.1 Å². The first-order chi connectivity index (χ1) is 12.0. The second-order valence-corrected chi connectivity index (χ2v) is 5.35. The molecule has 0 aliphatic heterocycles. The fourth-order valence-corrected chi connectivity index (χ4v) is 2.01. The highest BCUT2D eigenvalue weighted by atomic mass is 16.5. The van der Waals surface area contributed by atoms with E-state index in [9.17, 15) is 14.4 Å². The Kier molecular flexibility index (Phi) is 6.27. The van der Waals surface area contributed by atoms with Gasteiger partial charge in [0.25, 0.3) is 11.5 Å². The van der Waals surface area contributed by atoms with Gasteiger partial charge in [-0.2, -0.15) is 5.10 Å². The Balaban J connectivity index is 1.82. The van der Waals surface area contributed by atoms with Crippen molar-refractivity contribution < 1.29 is 19.4 Å². The molecule has 8 nitrogen and oxygen atoms in total. The second kappa shape index (κ2) is 8.62. The maximum atomic E-state index is 12.0. The lowest BCUT2D eigenvalue weighted by atomic mass is 10.2. The number of rotatable bonds is 8. The van der Waals surface area contributed by atoms with Crippen LogP contribution in [0.25, 0.3) is 0 Å². The predicted octanol–water partition coefficient (Wildman–Crippen LogP) is 0.954. The standard InChI is InChI=1S/C17H19N3O5/c1-20-15(21)9-8-14(19-20)17(24)18-11-12-4-6-13(7-5-12)25-10-2-3-16(22)23/h4-9H,2-3,10-11H2,1H3,(H,18,24)(H,22,23). The zero-order valence-corrected chi connectivity index (χ0v) is 13.8. The van der Waals surface area contributed by atoms with Crippen molar-refractivity contribution in [1.29, 1.82) is 0 Å². The quantitative estimate of drug-likeness (QED) is 0.689. The maximum Gasteiger partial charge on any atom is 0.303 e. The number of benzene rings is 1. The minimum Gasteiger partial charge on any atom is -0.494 e. The molecule has 1 amide bonds. The summed E-state index contributed by atoms with van der Waals surface area (Å²) in [6.45, 7) is 0.642. The summed E-state index contributed by atoms with van der Waals surface area (Å²) in [7, 11) is 1.48. The largest absolute Gasteiger partial charge is 0.494 e. The summed E-state index contributed by atoms with van der Waals surface area (Å²) in [6, 6.07) is 9.80. The van der Waals surface area contributed by atoms with Crippen LogP contribution in [0.2, 0.25) is 0 Å². The Morgan fingerprint density at radius 2 is 1.92 bits per heavy atom. The minimum absolute atomic E-state index is 0.0727. The average Bonchev–Trinajstić information content (AvgIpc) is 2.60. The lowest BCUT2D eigenvalue weighted by Gasteiger charge is -2.08. The molecule has 0 radical (unpaired) electrons. The zero-order chi connectivity index (χ0) is 18.2. The first-order valence-corrected chi connectivity index (χ1v) is 7.72. The van der Waals surface area contributed by atoms with Crippen LogP contribution in [0.4, 0.5) is 0 Å². The molecule has 0 spiro atoms. The zero-order valence-electron chi connectivity index (χ0n) is 13.8. The van der Waals surface area contributed by atoms with Crippen LogP contribution in [0.15, 0.2) is 41.2 Å². The van der Waals surface area contributed by atoms with Crippen molar-refractivity contribution in [3.05, 3.63) is 58.0 Å². The lowest BCUT2D eigenvalue weighted by Crippen LogP contribution is -2.28. The van der Waals surface area contributed by atoms with E-state index in [4.69, 9.17) is 9.84 Å². The molecule has 0 unspecified atom stereocenters. The minimum atomic E-state index is -0.845. The van der Waals surface area contributed by atoms with Crippen molar-refractivity contribution in [2.45, 2.75) is 19.4 Å². The van der Waals surface area contributed by atoms with E-state index in [2.05, 4.69) is 10.4 Å². The third kappa shape index (κ3) is 5.76. The van der Waals surface area contributed by atoms with Gasteiger partial charge in [-0.1, -0.05) is 12.1 Å². The molecule has 2 aromatic rings. The van der Waals surface area contributed by atoms with E-state index in [0.29, 0.717) is 25.3 Å². The molecule has 8 heteroatoms. The van der Waals surface area contributed by atoms with Gasteiger partial charge in [-0.15, -0.1) is 0 Å². The second-order valence-electron chi connectivity index (χ2n) is 5.35. The number of carbonyl (C=O) groups excluding carboxylic acids is 1. The average molecular weight is 345 g/mol. The molecule has 0 aliphatic rings. The summed E-state index contributed by atoms with van der Waals surface area (Å²) in [6.07, 6.45) is 0.517. The summed E-state index contributed by atoms with van der Waals surface area (Å²) >= 11 is 0. The summed E-state index contributed by atoms with van der Waals surface area (Å²) in [5.41, 5.74) is 0.757. The van der Waals surface area contributed by atoms with Gasteiger partial charge >= 0.3 is 5.97 Å². The first-order valence-electron chi connectivity index (χ1n) is 7.72. The van der Waals surface area contributed by atoms with Crippen LogP contribution in [0.1, 0.15) is 28.9 Å². The van der Waals surface area contributed by atoms with Gasteiger partial charge < -0.3 is 15.2 Å². The van der Waals surface area contributed by atoms with E-state index in [1.807, 2.05) is 0 Å². The number of carbonyl (C=O) groups is 2. The number of aliphatic carboxylic acids is 1. The van der Waals surface area contributed by atoms with Crippen LogP contribution < -0.4 is 15.6 Å². The van der Waals surface area contributed by atoms with Crippen molar-refractivity contribution in [1.82, 2.24) is 15.1 Å². The van der Waals surface area contributed by atoms with Crippen molar-refractivity contribution >= 4 is 11.9 Å². The highest BCUT2D eigenvalue weighted by Gasteiger charge is 2.08. The van der Waals surface area contributed by atoms with Crippen LogP contribution in [0.3, 0.4) is 0 Å². The van der Waals surface area contributed by atoms with Crippen molar-refractivity contribution in [3.63, 3.8) is 0 Å². The molecule has 0 fully saturated rings. The van der Waals surface area contributed by atoms with E-state index in [0.717, 1.165) is 10.2 Å². The number of hydrogen-bond donors (Lipinski definition) is 2. The molecule has 132 valence electrons. The predicted molar refractivity (Wildman–Crippen MR) is 89.5 cm³/mol. The summed E-state index contributed by atoms with van der Waals surface area (Å²) in [4.78, 5) is 33.7. The maximum absolute atomic E-state index is 12.0. The molecule has 0 saturated heterocycles. The first kappa shape index (κ1) is 18.2. The van der Waals surface area contributed by atoms with Gasteiger partial charge in [0.05, 0.1) is 6.61 Å². The van der Waals surface area contributed by atoms with Crippen LogP contribution in [-0.2, 0) is 18.4 Å². The van der Waals surface area contributed by atoms with Crippen molar-refractivity contribution in [2.24, 2.45) is 7.05 Å². The van der Waals surface area contributed by atoms with Crippen molar-refractivity contribution in [3.8, 4) is 5.75 Å². The number of hydrogen-bond acceptors (Lipinski definition) is 5. The molecular weight excluding hydrogens is 326 g/mol. The molecule has 2 rings (SSSR count). The van der Waals surface area contributed by atoms with Crippen LogP contribution in [0, 0.1) is 0 Å². The van der Waals surface area contributed by atoms with Gasteiger partial charge in [0.15, 0.2) is 0 Å². The van der Waals surface area contributed by atoms with Gasteiger partial charge in [-0.3, -0.25) is 14.4 Å². The molecule has 0 saturated carbocycles. The number of aryl methyl sites for hydroxylation is 1. The molecule has 0 bridgehead atoms. The molecule has 0 aliphatic carbocycles. The molecule has 1 aromatic heterocycles. The summed E-state index contributed by atoms with van der Waals surface area (Å²) in [5, 5.41) is 15.2. The Bertz CT molecular complexity index is 799. The Morgan fingerprint density at radius 3 is 2.56 bits per heavy atom. The SMILES string of the molecule is Cn1nc(C(=O)NCc2ccc(OCCCC(=O)O)cc2)ccc1=O. The topological polar surface area (TPSA) is 111 Å². The van der Waals surface area contributed by atoms with Gasteiger partial charge in [-0.05, 0) is 30.2 Å². The third-order valence-corrected chi connectivity index (χ3v) is 3.37. The fourth-order valence-electron chi connectivity index (χ4n) is 2.01. The monoisotopic (exact) mass is 345 g/mol. The van der Waals surface area contributed by atoms with E-state index < -0.39 is 5.97 Å². The van der Waals surface area contributed by atoms with Gasteiger partial charge in [0.2, 0.25) is 0 Å². The number of nitrogens with zero attached hydrogens (tertiary/aromatic N) is 2. The number of amides is 1. The van der Waals surface area contributed by atoms with E-state index in [1.54, 1.807) is 24.3 Å². The highest BCUT2D eigenvalue weighted by molar-refractivity contribution is 5.91. The van der Waals surface area contributed by atoms with Crippen LogP contribution in [0.5, 0.6) is 5.75 Å². The van der Waals surface area contributed by atoms with Gasteiger partial charge in [0.1, 0.15) is 11.4 Å². The van der Waals surface area contributed by atoms with E-state index in [-0.39, 0.29) is 23.6 Å². The Hall–Kier alpha value is -3.16. The smallest absolute Gasteiger partial charge is 0.303 e. The number of nitrogens with one attached hydrogen (secondary N) is 1. The normalized spacial score (nSPS) is 10.3. The molecular formula is C17H19N3O5. The third-order valence-electron chi connectivity index (χ3n) is 3.37. The highest BCUT2D eigenvalue weighted by Crippen LogP contribution is 2.12. The molecule has 1 aromatic carbocycles. The summed E-state index contributed by atoms with van der Waals surface area (Å²) < 4.78 is 6.54. The van der Waals surface area contributed by atoms with E-state index >= 15 is 0 Å². The molecule has 0 atom stereocenters. The van der Waals surface area contributed by atoms with E-state index in [1.165, 1.54) is 19.2 Å². The number of ether oxygens (including phenoxy) is 1. The number of carboxylic acids is 1. The lowest BCUT2D eigenvalue weighted by molar-refractivity contribution is -0.137. The van der Waals surface area contributed by atoms with Crippen LogP contribution >= 0.6 is 0 Å². The summed E-state index contributed by atoms with van der Waals surface area (Å²) in [5.74, 6) is -0.576. The number of carboxylic acid groups (broad SMARTS) is 1. The molecule has 2 N–H and O–H groups in total. The van der Waals surface area contributed by atoms with Crippen LogP contribution in [-0.4, -0.2) is 33.4 Å². The van der Waals surface area contributed by atoms with Gasteiger partial charge in [-0.25, -0.2) is 4.68 Å². The molecule has 25 heavy (non-hydrogen) atoms. The fraction of sp³-hybridized carbons (Fsp3) is 0.294. The van der Waals surface area contributed by atoms with Crippen molar-refractivity contribution in [2.75, 3.05) is 6.61 Å². The Labute approximate surface area is 144 Å². The molecule has 1 heterocycles. The Morgan fingerprint density at radius 1 is 1.20 bits per heavy atom.